The summed E-state index contributed by atoms with van der Waals surface area (Å²) in [6.45, 7) is 0.745. The maximum atomic E-state index is 11.1. The molecule has 1 aromatic carbocycles. The smallest absolute Gasteiger partial charge is 0.240 e. The van der Waals surface area contributed by atoms with Gasteiger partial charge in [-0.3, -0.25) is 5.32 Å². The number of nitrogens with one attached hydrogen (secondary N) is 1. The van der Waals surface area contributed by atoms with E-state index in [1.165, 1.54) is 6.34 Å². The summed E-state index contributed by atoms with van der Waals surface area (Å²) < 4.78 is 0.846. The molecule has 0 radical (unpaired) electrons. The molecule has 56 valence electrons. The van der Waals surface area contributed by atoms with Crippen molar-refractivity contribution < 1.29 is 4.74 Å². The van der Waals surface area contributed by atoms with Crippen LogP contribution < -0.4 is 5.32 Å². The van der Waals surface area contributed by atoms with Gasteiger partial charge in [-0.15, -0.1) is 0 Å². The van der Waals surface area contributed by atoms with E-state index >= 15 is 0 Å². The molecule has 0 spiro atoms. The highest BCUT2D eigenvalue weighted by Gasteiger charge is 2.09. The highest BCUT2D eigenvalue weighted by atomic mass is 16.5. The molecule has 0 saturated carbocycles. The van der Waals surface area contributed by atoms with E-state index in [2.05, 4.69) is 5.32 Å². The lowest BCUT2D eigenvalue weighted by molar-refractivity contribution is -0.360. The van der Waals surface area contributed by atoms with Crippen molar-refractivity contribution in [3.8, 4) is 0 Å². The van der Waals surface area contributed by atoms with Crippen LogP contribution in [0, 0.1) is 5.21 Å². The number of nitrogens with zero attached hydrogens (tertiary/aromatic N) is 1. The van der Waals surface area contributed by atoms with Crippen molar-refractivity contribution >= 4 is 12.0 Å². The highest BCUT2D eigenvalue weighted by molar-refractivity contribution is 5.56. The normalized spacial score (nSPS) is 14.7. The predicted molar refractivity (Wildman–Crippen MR) is 42.6 cm³/mol. The molecule has 0 fully saturated rings. The molecule has 1 N–H and O–H groups in total. The van der Waals surface area contributed by atoms with Crippen LogP contribution in [0.5, 0.6) is 0 Å². The van der Waals surface area contributed by atoms with Crippen LogP contribution in [0.2, 0.25) is 0 Å². The van der Waals surface area contributed by atoms with Crippen molar-refractivity contribution in [3.63, 3.8) is 0 Å². The number of rotatable bonds is 0. The second-order valence-electron chi connectivity index (χ2n) is 2.46. The van der Waals surface area contributed by atoms with Crippen LogP contribution in [0.3, 0.4) is 0 Å². The maximum Gasteiger partial charge on any atom is 0.240 e. The number of fused-ring (bicyclic) bond motifs is 1. The van der Waals surface area contributed by atoms with Gasteiger partial charge in [-0.05, 0) is 6.07 Å². The zero-order valence-corrected chi connectivity index (χ0v) is 5.95. The molecule has 0 atom stereocenters. The van der Waals surface area contributed by atoms with Gasteiger partial charge in [0.25, 0.3) is 0 Å². The first kappa shape index (κ1) is 6.22. The molecule has 0 amide bonds. The van der Waals surface area contributed by atoms with Gasteiger partial charge in [0.15, 0.2) is 0 Å². The summed E-state index contributed by atoms with van der Waals surface area (Å²) in [4.78, 5) is 0. The lowest BCUT2D eigenvalue weighted by Gasteiger charge is -2.15. The second kappa shape index (κ2) is 2.27. The summed E-state index contributed by atoms with van der Waals surface area (Å²) in [5, 5.41) is 14.0. The zero-order valence-electron chi connectivity index (χ0n) is 5.95. The first-order valence-corrected chi connectivity index (χ1v) is 3.49. The Morgan fingerprint density at radius 2 is 2.18 bits per heavy atom. The molecule has 0 aromatic heterocycles. The van der Waals surface area contributed by atoms with Crippen LogP contribution in [-0.4, -0.2) is 11.1 Å². The van der Waals surface area contributed by atoms with E-state index in [1.807, 2.05) is 24.3 Å². The van der Waals surface area contributed by atoms with E-state index in [0.29, 0.717) is 0 Å². The molecule has 0 aliphatic carbocycles. The van der Waals surface area contributed by atoms with E-state index in [-0.39, 0.29) is 0 Å². The number of para-hydroxylation sites is 1. The average molecular weight is 148 g/mol. The van der Waals surface area contributed by atoms with E-state index in [0.717, 1.165) is 22.5 Å². The largest absolute Gasteiger partial charge is 0.711 e. The Kier molecular flexibility index (Phi) is 1.28. The lowest BCUT2D eigenvalue weighted by atomic mass is 10.1. The number of hydrogen-bond acceptors (Lipinski definition) is 2. The van der Waals surface area contributed by atoms with Gasteiger partial charge >= 0.3 is 0 Å². The van der Waals surface area contributed by atoms with E-state index in [1.54, 1.807) is 0 Å². The molecular formula is C8H8N2O. The Morgan fingerprint density at radius 1 is 1.36 bits per heavy atom. The third-order valence-corrected chi connectivity index (χ3v) is 1.73. The molecule has 1 aliphatic heterocycles. The number of hydrogen-bond donors (Lipinski definition) is 1. The minimum absolute atomic E-state index is 0.742. The Bertz CT molecular complexity index is 307. The van der Waals surface area contributed by atoms with Crippen molar-refractivity contribution in [2.45, 2.75) is 6.54 Å². The minimum atomic E-state index is 0.742. The standard InChI is InChI=1S/C8H8N2O/c11-10-6-9-5-7-3-1-2-4-8(7)10/h1-4,6,9H,5H2. The number of benzene rings is 1. The molecule has 11 heavy (non-hydrogen) atoms. The molecule has 1 aliphatic rings. The molecule has 1 aromatic rings. The summed E-state index contributed by atoms with van der Waals surface area (Å²) in [6.07, 6.45) is 1.43. The van der Waals surface area contributed by atoms with Gasteiger partial charge in [0.05, 0.1) is 0 Å². The first-order valence-electron chi connectivity index (χ1n) is 3.49. The van der Waals surface area contributed by atoms with Crippen molar-refractivity contribution in [1.82, 2.24) is 5.32 Å². The molecule has 0 bridgehead atoms. The molecule has 1 heterocycles. The monoisotopic (exact) mass is 148 g/mol. The van der Waals surface area contributed by atoms with E-state index in [9.17, 15) is 5.21 Å². The summed E-state index contributed by atoms with van der Waals surface area (Å²) in [7, 11) is 0. The van der Waals surface area contributed by atoms with Crippen LogP contribution in [-0.2, 0) is 6.54 Å². The van der Waals surface area contributed by atoms with Gasteiger partial charge in [-0.2, -0.15) is 0 Å². The maximum absolute atomic E-state index is 11.1. The van der Waals surface area contributed by atoms with Crippen LogP contribution in [0.1, 0.15) is 5.56 Å². The van der Waals surface area contributed by atoms with Crippen LogP contribution in [0.25, 0.3) is 0 Å². The Hall–Kier alpha value is -1.51. The average Bonchev–Trinajstić information content (AvgIpc) is 2.06. The fourth-order valence-electron chi connectivity index (χ4n) is 1.18. The van der Waals surface area contributed by atoms with Gasteiger partial charge in [0, 0.05) is 5.56 Å². The SMILES string of the molecule is [O-][N+]1=CNCc2ccccc21. The summed E-state index contributed by atoms with van der Waals surface area (Å²) >= 11 is 0. The molecule has 3 heteroatoms. The Labute approximate surface area is 64.6 Å². The van der Waals surface area contributed by atoms with E-state index in [4.69, 9.17) is 0 Å². The quantitative estimate of drug-likeness (QED) is 0.439. The molecule has 3 nitrogen and oxygen atoms in total. The molecule has 0 saturated heterocycles. The Balaban J connectivity index is 2.56. The van der Waals surface area contributed by atoms with Gasteiger partial charge in [-0.25, -0.2) is 4.74 Å². The predicted octanol–water partition coefficient (Wildman–Crippen LogP) is 0.960. The fourth-order valence-corrected chi connectivity index (χ4v) is 1.18. The molecular weight excluding hydrogens is 140 g/mol. The minimum Gasteiger partial charge on any atom is -0.711 e. The summed E-state index contributed by atoms with van der Waals surface area (Å²) in [6, 6.07) is 7.56. The third kappa shape index (κ3) is 0.941. The van der Waals surface area contributed by atoms with Crippen molar-refractivity contribution in [2.24, 2.45) is 0 Å². The van der Waals surface area contributed by atoms with Crippen LogP contribution >= 0.6 is 0 Å². The van der Waals surface area contributed by atoms with Gasteiger partial charge in [-0.1, -0.05) is 18.2 Å². The summed E-state index contributed by atoms with van der Waals surface area (Å²) in [5.41, 5.74) is 1.79. The van der Waals surface area contributed by atoms with Gasteiger partial charge in [0.2, 0.25) is 6.34 Å². The van der Waals surface area contributed by atoms with Crippen molar-refractivity contribution in [3.05, 3.63) is 35.0 Å². The van der Waals surface area contributed by atoms with Crippen molar-refractivity contribution in [1.29, 1.82) is 0 Å². The van der Waals surface area contributed by atoms with Gasteiger partial charge in [0.1, 0.15) is 12.2 Å². The zero-order chi connectivity index (χ0) is 7.68. The van der Waals surface area contributed by atoms with Gasteiger partial charge < -0.3 is 5.21 Å². The second-order valence-corrected chi connectivity index (χ2v) is 2.46. The third-order valence-electron chi connectivity index (χ3n) is 1.73. The molecule has 2 rings (SSSR count). The van der Waals surface area contributed by atoms with Crippen LogP contribution in [0.15, 0.2) is 24.3 Å². The highest BCUT2D eigenvalue weighted by Crippen LogP contribution is 2.18. The summed E-state index contributed by atoms with van der Waals surface area (Å²) in [5.74, 6) is 0. The van der Waals surface area contributed by atoms with E-state index < -0.39 is 0 Å². The topological polar surface area (TPSA) is 38.1 Å². The molecule has 0 unspecified atom stereocenters. The van der Waals surface area contributed by atoms with Crippen molar-refractivity contribution in [2.75, 3.05) is 0 Å². The van der Waals surface area contributed by atoms with Crippen LogP contribution in [0.4, 0.5) is 5.69 Å². The lowest BCUT2D eigenvalue weighted by Crippen LogP contribution is -2.22. The fraction of sp³-hybridized carbons (Fsp3) is 0.125. The Morgan fingerprint density at radius 3 is 3.00 bits per heavy atom. The first-order chi connectivity index (χ1) is 5.38.